The van der Waals surface area contributed by atoms with Gasteiger partial charge in [0.25, 0.3) is 10.0 Å². The molecule has 2 aromatic carbocycles. The molecule has 1 unspecified atom stereocenters. The molecule has 1 aliphatic heterocycles. The number of amides is 2. The predicted octanol–water partition coefficient (Wildman–Crippen LogP) is 3.72. The lowest BCUT2D eigenvalue weighted by atomic mass is 10.2. The number of sulfonamides is 1. The zero-order chi connectivity index (χ0) is 25.4. The Bertz CT molecular complexity index is 1540. The first kappa shape index (κ1) is 23.9. The number of halogens is 1. The van der Waals surface area contributed by atoms with E-state index in [1.165, 1.54) is 51.6 Å². The second-order valence-electron chi connectivity index (χ2n) is 8.34. The minimum absolute atomic E-state index is 0. The fourth-order valence-electron chi connectivity index (χ4n) is 4.24. The number of fused-ring (bicyclic) bond motifs is 1. The fourth-order valence-corrected chi connectivity index (χ4v) is 6.03. The van der Waals surface area contributed by atoms with E-state index in [9.17, 15) is 22.4 Å². The summed E-state index contributed by atoms with van der Waals surface area (Å²) in [5.41, 5.74) is 1.29. The van der Waals surface area contributed by atoms with Crippen LogP contribution in [0, 0.1) is 5.82 Å². The van der Waals surface area contributed by atoms with Gasteiger partial charge in [0.1, 0.15) is 18.4 Å². The van der Waals surface area contributed by atoms with Crippen molar-refractivity contribution in [3.05, 3.63) is 72.1 Å². The maximum absolute atomic E-state index is 13.5. The molecular weight excluding hydrogens is 505 g/mol. The van der Waals surface area contributed by atoms with Crippen molar-refractivity contribution in [3.63, 3.8) is 0 Å². The number of hydrogen-bond donors (Lipinski definition) is 1. The van der Waals surface area contributed by atoms with Gasteiger partial charge in [-0.15, -0.1) is 11.3 Å². The number of carbonyl (C=O) groups excluding carboxylic acids is 2. The summed E-state index contributed by atoms with van der Waals surface area (Å²) in [6.45, 7) is 2.26. The van der Waals surface area contributed by atoms with Gasteiger partial charge in [-0.3, -0.25) is 14.3 Å². The second-order valence-corrected chi connectivity index (χ2v) is 10.9. The third-order valence-electron chi connectivity index (χ3n) is 6.10. The minimum Gasteiger partial charge on any atom is -0.335 e. The molecule has 2 amide bonds. The summed E-state index contributed by atoms with van der Waals surface area (Å²) in [5.74, 6) is -0.820. The molecule has 0 saturated carbocycles. The van der Waals surface area contributed by atoms with Crippen molar-refractivity contribution in [1.82, 2.24) is 14.5 Å². The molecule has 3 heterocycles. The molecular formula is C24H24FN5O4S2. The average Bonchev–Trinajstić information content (AvgIpc) is 3.52. The summed E-state index contributed by atoms with van der Waals surface area (Å²) in [5, 5.41) is 2.63. The van der Waals surface area contributed by atoms with Gasteiger partial charge in [0.2, 0.25) is 11.8 Å². The van der Waals surface area contributed by atoms with Gasteiger partial charge in [-0.2, -0.15) is 0 Å². The van der Waals surface area contributed by atoms with Crippen molar-refractivity contribution in [2.45, 2.75) is 17.9 Å². The Morgan fingerprint density at radius 1 is 1.17 bits per heavy atom. The number of anilines is 2. The molecule has 1 N–H and O–H groups in total. The van der Waals surface area contributed by atoms with Crippen LogP contribution in [0.15, 0.2) is 71.2 Å². The number of piperazine rings is 1. The standard InChI is InChI=1S/C24H22FN5O4S2.H2/c1-16(29-10-8-17-14-18(25)2-7-21(17)29)23(32)28-11-12-30(22(31)15-28)19-3-5-20(6-4-19)36(33,34)27-24-26-9-13-35-24;/h2-10,13-14,16H,11-12,15H2,1H3,(H,26,27);1H. The van der Waals surface area contributed by atoms with Gasteiger partial charge in [0, 0.05) is 48.9 Å². The van der Waals surface area contributed by atoms with Crippen molar-refractivity contribution in [3.8, 4) is 0 Å². The van der Waals surface area contributed by atoms with Crippen molar-refractivity contribution < 1.29 is 23.8 Å². The summed E-state index contributed by atoms with van der Waals surface area (Å²) in [6, 6.07) is 11.6. The predicted molar refractivity (Wildman–Crippen MR) is 137 cm³/mol. The first-order valence-corrected chi connectivity index (χ1v) is 13.5. The van der Waals surface area contributed by atoms with Crippen molar-refractivity contribution >= 4 is 54.9 Å². The highest BCUT2D eigenvalue weighted by Crippen LogP contribution is 2.25. The van der Waals surface area contributed by atoms with Gasteiger partial charge in [0.15, 0.2) is 5.13 Å². The number of nitrogens with one attached hydrogen (secondary N) is 1. The second kappa shape index (κ2) is 9.36. The molecule has 4 aromatic rings. The lowest BCUT2D eigenvalue weighted by molar-refractivity contribution is -0.139. The van der Waals surface area contributed by atoms with Crippen LogP contribution in [-0.2, 0) is 19.6 Å². The summed E-state index contributed by atoms with van der Waals surface area (Å²) < 4.78 is 42.8. The monoisotopic (exact) mass is 529 g/mol. The zero-order valence-electron chi connectivity index (χ0n) is 19.2. The van der Waals surface area contributed by atoms with Crippen LogP contribution in [0.4, 0.5) is 15.2 Å². The van der Waals surface area contributed by atoms with E-state index in [1.54, 1.807) is 47.3 Å². The summed E-state index contributed by atoms with van der Waals surface area (Å²) >= 11 is 1.17. The van der Waals surface area contributed by atoms with Crippen LogP contribution in [0.2, 0.25) is 0 Å². The maximum Gasteiger partial charge on any atom is 0.263 e. The number of hydrogen-bond acceptors (Lipinski definition) is 6. The summed E-state index contributed by atoms with van der Waals surface area (Å²) in [7, 11) is -3.80. The quantitative estimate of drug-likeness (QED) is 0.410. The van der Waals surface area contributed by atoms with Crippen LogP contribution < -0.4 is 9.62 Å². The molecule has 36 heavy (non-hydrogen) atoms. The number of benzene rings is 2. The van der Waals surface area contributed by atoms with Crippen LogP contribution in [0.1, 0.15) is 14.4 Å². The average molecular weight is 530 g/mol. The Balaban J connectivity index is 0.00000320. The van der Waals surface area contributed by atoms with Crippen LogP contribution in [0.5, 0.6) is 0 Å². The highest BCUT2D eigenvalue weighted by atomic mass is 32.2. The van der Waals surface area contributed by atoms with E-state index >= 15 is 0 Å². The van der Waals surface area contributed by atoms with E-state index in [2.05, 4.69) is 9.71 Å². The molecule has 188 valence electrons. The highest BCUT2D eigenvalue weighted by Gasteiger charge is 2.31. The molecule has 2 aromatic heterocycles. The first-order chi connectivity index (χ1) is 17.2. The molecule has 0 aliphatic carbocycles. The minimum atomic E-state index is -3.80. The van der Waals surface area contributed by atoms with Gasteiger partial charge in [-0.05, 0) is 55.5 Å². The van der Waals surface area contributed by atoms with Gasteiger partial charge in [-0.1, -0.05) is 0 Å². The maximum atomic E-state index is 13.5. The highest BCUT2D eigenvalue weighted by molar-refractivity contribution is 7.93. The Morgan fingerprint density at radius 2 is 1.94 bits per heavy atom. The van der Waals surface area contributed by atoms with E-state index in [4.69, 9.17) is 0 Å². The SMILES string of the molecule is CC(C(=O)N1CCN(c2ccc(S(=O)(=O)Nc3nccs3)cc2)C(=O)C1)n1ccc2cc(F)ccc21.[HH]. The number of aromatic nitrogens is 2. The molecule has 9 nitrogen and oxygen atoms in total. The van der Waals surface area contributed by atoms with E-state index in [0.717, 1.165) is 5.52 Å². The van der Waals surface area contributed by atoms with E-state index in [0.29, 0.717) is 17.6 Å². The van der Waals surface area contributed by atoms with Gasteiger partial charge in [0.05, 0.1) is 4.90 Å². The van der Waals surface area contributed by atoms with Gasteiger partial charge < -0.3 is 14.4 Å². The number of nitrogens with zero attached hydrogens (tertiary/aromatic N) is 4. The van der Waals surface area contributed by atoms with Crippen LogP contribution in [0.25, 0.3) is 10.9 Å². The van der Waals surface area contributed by atoms with Crippen LogP contribution in [0.3, 0.4) is 0 Å². The van der Waals surface area contributed by atoms with Crippen LogP contribution in [-0.4, -0.2) is 54.3 Å². The first-order valence-electron chi connectivity index (χ1n) is 11.1. The van der Waals surface area contributed by atoms with Gasteiger partial charge in [-0.25, -0.2) is 17.8 Å². The molecule has 0 radical (unpaired) electrons. The third-order valence-corrected chi connectivity index (χ3v) is 8.27. The van der Waals surface area contributed by atoms with E-state index in [-0.39, 0.29) is 42.2 Å². The molecule has 1 atom stereocenters. The van der Waals surface area contributed by atoms with Gasteiger partial charge >= 0.3 is 0 Å². The lowest BCUT2D eigenvalue weighted by Crippen LogP contribution is -2.53. The molecule has 1 saturated heterocycles. The smallest absolute Gasteiger partial charge is 0.263 e. The number of thiazole rings is 1. The molecule has 0 spiro atoms. The zero-order valence-corrected chi connectivity index (χ0v) is 20.8. The molecule has 0 bridgehead atoms. The van der Waals surface area contributed by atoms with Crippen molar-refractivity contribution in [2.75, 3.05) is 29.3 Å². The summed E-state index contributed by atoms with van der Waals surface area (Å²) in [6.07, 6.45) is 3.24. The Morgan fingerprint density at radius 3 is 2.64 bits per heavy atom. The Kier molecular flexibility index (Phi) is 6.22. The molecule has 1 aliphatic rings. The molecule has 1 fully saturated rings. The number of carbonyl (C=O) groups is 2. The fraction of sp³-hybridized carbons (Fsp3) is 0.208. The number of rotatable bonds is 6. The molecule has 12 heteroatoms. The Labute approximate surface area is 212 Å². The van der Waals surface area contributed by atoms with Crippen molar-refractivity contribution in [1.29, 1.82) is 0 Å². The normalized spacial score (nSPS) is 15.3. The van der Waals surface area contributed by atoms with E-state index < -0.39 is 16.1 Å². The Hall–Kier alpha value is -3.77. The molecule has 5 rings (SSSR count). The van der Waals surface area contributed by atoms with Crippen LogP contribution >= 0.6 is 11.3 Å². The summed E-state index contributed by atoms with van der Waals surface area (Å²) in [4.78, 5) is 33.1. The van der Waals surface area contributed by atoms with E-state index in [1.807, 2.05) is 0 Å². The third kappa shape index (κ3) is 4.56. The van der Waals surface area contributed by atoms with Crippen molar-refractivity contribution in [2.24, 2.45) is 0 Å². The lowest BCUT2D eigenvalue weighted by Gasteiger charge is -2.35. The largest absolute Gasteiger partial charge is 0.335 e. The topological polar surface area (TPSA) is 105 Å².